The van der Waals surface area contributed by atoms with Crippen LogP contribution >= 0.6 is 0 Å². The molecule has 0 atom stereocenters. The SMILES string of the molecule is C=C(NCC(=O)NC)c1ncc(-c2cccc(F)c2)cc1C. The Bertz CT molecular complexity index is 713. The van der Waals surface area contributed by atoms with Gasteiger partial charge in [-0.3, -0.25) is 9.78 Å². The van der Waals surface area contributed by atoms with Gasteiger partial charge in [0.15, 0.2) is 0 Å². The smallest absolute Gasteiger partial charge is 0.239 e. The van der Waals surface area contributed by atoms with E-state index in [-0.39, 0.29) is 18.3 Å². The number of pyridine rings is 1. The highest BCUT2D eigenvalue weighted by Gasteiger charge is 2.08. The van der Waals surface area contributed by atoms with Crippen LogP contribution in [-0.4, -0.2) is 24.5 Å². The third-order valence-electron chi connectivity index (χ3n) is 3.26. The van der Waals surface area contributed by atoms with Crippen LogP contribution in [-0.2, 0) is 4.79 Å². The molecule has 0 saturated carbocycles. The van der Waals surface area contributed by atoms with Crippen molar-refractivity contribution in [3.05, 3.63) is 60.2 Å². The number of nitrogens with one attached hydrogen (secondary N) is 2. The van der Waals surface area contributed by atoms with Gasteiger partial charge in [-0.1, -0.05) is 18.7 Å². The lowest BCUT2D eigenvalue weighted by atomic mass is 10.0. The molecule has 0 spiro atoms. The van der Waals surface area contributed by atoms with Crippen LogP contribution < -0.4 is 10.6 Å². The van der Waals surface area contributed by atoms with Crippen LogP contribution in [0, 0.1) is 12.7 Å². The first-order valence-corrected chi connectivity index (χ1v) is 6.87. The van der Waals surface area contributed by atoms with Crippen molar-refractivity contribution >= 4 is 11.6 Å². The second kappa shape index (κ2) is 6.85. The molecule has 22 heavy (non-hydrogen) atoms. The number of hydrogen-bond donors (Lipinski definition) is 2. The van der Waals surface area contributed by atoms with E-state index >= 15 is 0 Å². The molecule has 0 saturated heterocycles. The number of benzene rings is 1. The molecule has 0 bridgehead atoms. The van der Waals surface area contributed by atoms with Crippen LogP contribution in [0.1, 0.15) is 11.3 Å². The lowest BCUT2D eigenvalue weighted by Gasteiger charge is -2.12. The molecule has 4 nitrogen and oxygen atoms in total. The van der Waals surface area contributed by atoms with Crippen molar-refractivity contribution in [1.29, 1.82) is 0 Å². The number of likely N-dealkylation sites (N-methyl/N-ethyl adjacent to an activating group) is 1. The summed E-state index contributed by atoms with van der Waals surface area (Å²) in [5, 5.41) is 5.45. The topological polar surface area (TPSA) is 54.0 Å². The number of carbonyl (C=O) groups excluding carboxylic acids is 1. The summed E-state index contributed by atoms with van der Waals surface area (Å²) in [4.78, 5) is 15.6. The van der Waals surface area contributed by atoms with Crippen LogP contribution in [0.3, 0.4) is 0 Å². The van der Waals surface area contributed by atoms with Gasteiger partial charge >= 0.3 is 0 Å². The van der Waals surface area contributed by atoms with Crippen molar-refractivity contribution in [3.63, 3.8) is 0 Å². The van der Waals surface area contributed by atoms with Gasteiger partial charge in [0.2, 0.25) is 5.91 Å². The molecule has 2 rings (SSSR count). The van der Waals surface area contributed by atoms with Gasteiger partial charge in [-0.25, -0.2) is 4.39 Å². The van der Waals surface area contributed by atoms with Crippen molar-refractivity contribution < 1.29 is 9.18 Å². The van der Waals surface area contributed by atoms with Gasteiger partial charge in [-0.15, -0.1) is 0 Å². The van der Waals surface area contributed by atoms with Gasteiger partial charge in [0.05, 0.1) is 17.9 Å². The summed E-state index contributed by atoms with van der Waals surface area (Å²) in [6, 6.07) is 8.29. The number of nitrogens with zero attached hydrogens (tertiary/aromatic N) is 1. The fourth-order valence-corrected chi connectivity index (χ4v) is 2.08. The van der Waals surface area contributed by atoms with Gasteiger partial charge < -0.3 is 10.6 Å². The van der Waals surface area contributed by atoms with Gasteiger partial charge in [0.1, 0.15) is 5.82 Å². The van der Waals surface area contributed by atoms with Gasteiger partial charge in [0.25, 0.3) is 0 Å². The molecule has 0 aliphatic carbocycles. The zero-order valence-electron chi connectivity index (χ0n) is 12.6. The normalized spacial score (nSPS) is 10.1. The quantitative estimate of drug-likeness (QED) is 0.892. The van der Waals surface area contributed by atoms with E-state index in [4.69, 9.17) is 0 Å². The summed E-state index contributed by atoms with van der Waals surface area (Å²) in [6.07, 6.45) is 1.67. The van der Waals surface area contributed by atoms with Crippen LogP contribution in [0.2, 0.25) is 0 Å². The number of amides is 1. The molecule has 2 aromatic rings. The Hall–Kier alpha value is -2.69. The second-order valence-electron chi connectivity index (χ2n) is 4.91. The molecular formula is C17H18FN3O. The predicted molar refractivity (Wildman–Crippen MR) is 85.5 cm³/mol. The molecule has 114 valence electrons. The standard InChI is InChI=1S/C17H18FN3O/c1-11-7-14(13-5-4-6-15(18)8-13)9-21-17(11)12(2)20-10-16(22)19-3/h4-9,20H,2,10H2,1,3H3,(H,19,22). The minimum Gasteiger partial charge on any atom is -0.375 e. The monoisotopic (exact) mass is 299 g/mol. The fourth-order valence-electron chi connectivity index (χ4n) is 2.08. The lowest BCUT2D eigenvalue weighted by Crippen LogP contribution is -2.30. The highest BCUT2D eigenvalue weighted by Crippen LogP contribution is 2.23. The summed E-state index contributed by atoms with van der Waals surface area (Å²) in [5.41, 5.74) is 3.76. The van der Waals surface area contributed by atoms with Crippen LogP contribution in [0.4, 0.5) is 4.39 Å². The molecule has 0 aliphatic rings. The van der Waals surface area contributed by atoms with Crippen molar-refractivity contribution in [1.82, 2.24) is 15.6 Å². The molecule has 0 aliphatic heterocycles. The number of rotatable bonds is 5. The Morgan fingerprint density at radius 3 is 2.73 bits per heavy atom. The maximum Gasteiger partial charge on any atom is 0.239 e. The van der Waals surface area contributed by atoms with E-state index in [1.54, 1.807) is 19.3 Å². The number of halogens is 1. The van der Waals surface area contributed by atoms with Crippen molar-refractivity contribution in [2.75, 3.05) is 13.6 Å². The zero-order chi connectivity index (χ0) is 16.1. The van der Waals surface area contributed by atoms with E-state index in [0.717, 1.165) is 16.7 Å². The van der Waals surface area contributed by atoms with E-state index in [0.29, 0.717) is 11.4 Å². The maximum absolute atomic E-state index is 13.3. The minimum absolute atomic E-state index is 0.129. The van der Waals surface area contributed by atoms with Crippen LogP contribution in [0.5, 0.6) is 0 Å². The summed E-state index contributed by atoms with van der Waals surface area (Å²) >= 11 is 0. The summed E-state index contributed by atoms with van der Waals surface area (Å²) in [7, 11) is 1.57. The molecule has 0 unspecified atom stereocenters. The number of carbonyl (C=O) groups is 1. The van der Waals surface area contributed by atoms with Crippen molar-refractivity contribution in [2.24, 2.45) is 0 Å². The van der Waals surface area contributed by atoms with E-state index in [1.165, 1.54) is 12.1 Å². The van der Waals surface area contributed by atoms with Gasteiger partial charge in [-0.2, -0.15) is 0 Å². The number of hydrogen-bond acceptors (Lipinski definition) is 3. The molecule has 1 heterocycles. The average molecular weight is 299 g/mol. The molecule has 1 aromatic carbocycles. The largest absolute Gasteiger partial charge is 0.375 e. The Kier molecular flexibility index (Phi) is 4.88. The zero-order valence-corrected chi connectivity index (χ0v) is 12.6. The Labute approximate surface area is 129 Å². The van der Waals surface area contributed by atoms with Crippen LogP contribution in [0.25, 0.3) is 16.8 Å². The molecule has 0 radical (unpaired) electrons. The lowest BCUT2D eigenvalue weighted by molar-refractivity contribution is -0.119. The minimum atomic E-state index is -0.282. The highest BCUT2D eigenvalue weighted by atomic mass is 19.1. The third kappa shape index (κ3) is 3.69. The molecule has 1 aromatic heterocycles. The average Bonchev–Trinajstić information content (AvgIpc) is 2.52. The molecule has 0 fully saturated rings. The van der Waals surface area contributed by atoms with Gasteiger partial charge in [0, 0.05) is 18.8 Å². The van der Waals surface area contributed by atoms with E-state index in [2.05, 4.69) is 22.2 Å². The summed E-state index contributed by atoms with van der Waals surface area (Å²) in [5.74, 6) is -0.411. The number of aryl methyl sites for hydroxylation is 1. The van der Waals surface area contributed by atoms with E-state index in [9.17, 15) is 9.18 Å². The first-order chi connectivity index (χ1) is 10.5. The third-order valence-corrected chi connectivity index (χ3v) is 3.26. The molecule has 1 amide bonds. The first-order valence-electron chi connectivity index (χ1n) is 6.87. The number of aromatic nitrogens is 1. The summed E-state index contributed by atoms with van der Waals surface area (Å²) < 4.78 is 13.3. The fraction of sp³-hybridized carbons (Fsp3) is 0.176. The van der Waals surface area contributed by atoms with E-state index < -0.39 is 0 Å². The first kappa shape index (κ1) is 15.7. The Balaban J connectivity index is 2.19. The van der Waals surface area contributed by atoms with E-state index in [1.807, 2.05) is 19.1 Å². The molecular weight excluding hydrogens is 281 g/mol. The highest BCUT2D eigenvalue weighted by molar-refractivity contribution is 5.79. The molecule has 5 heteroatoms. The maximum atomic E-state index is 13.3. The Morgan fingerprint density at radius 2 is 2.09 bits per heavy atom. The predicted octanol–water partition coefficient (Wildman–Crippen LogP) is 2.50. The second-order valence-corrected chi connectivity index (χ2v) is 4.91. The van der Waals surface area contributed by atoms with Crippen molar-refractivity contribution in [2.45, 2.75) is 6.92 Å². The Morgan fingerprint density at radius 1 is 1.32 bits per heavy atom. The molecule has 2 N–H and O–H groups in total. The summed E-state index contributed by atoms with van der Waals surface area (Å²) in [6.45, 7) is 5.94. The van der Waals surface area contributed by atoms with Gasteiger partial charge in [-0.05, 0) is 36.2 Å². The van der Waals surface area contributed by atoms with Crippen LogP contribution in [0.15, 0.2) is 43.1 Å². The van der Waals surface area contributed by atoms with Crippen molar-refractivity contribution in [3.8, 4) is 11.1 Å².